The van der Waals surface area contributed by atoms with Crippen LogP contribution in [0.15, 0.2) is 152 Å². The second kappa shape index (κ2) is 27.0. The van der Waals surface area contributed by atoms with Gasteiger partial charge < -0.3 is 38.1 Å². The normalized spacial score (nSPS) is 20.8. The fraction of sp³-hybridized carbons (Fsp3) is 0.396. The predicted molar refractivity (Wildman–Crippen MR) is 250 cm³/mol. The van der Waals surface area contributed by atoms with Crippen molar-refractivity contribution in [2.45, 2.75) is 122 Å². The minimum absolute atomic E-state index is 0.0945. The molecule has 6 rings (SSSR count). The maximum Gasteiger partial charge on any atom is 0.328 e. The summed E-state index contributed by atoms with van der Waals surface area (Å²) in [5.74, 6) is -0.958. The van der Waals surface area contributed by atoms with Gasteiger partial charge in [-0.15, -0.1) is 0 Å². The number of benzene rings is 5. The first kappa shape index (κ1) is 50.4. The van der Waals surface area contributed by atoms with Gasteiger partial charge in [-0.2, -0.15) is 0 Å². The summed E-state index contributed by atoms with van der Waals surface area (Å²) in [4.78, 5) is 37.1. The number of esters is 2. The van der Waals surface area contributed by atoms with E-state index < -0.39 is 68.4 Å². The predicted octanol–water partition coefficient (Wildman–Crippen LogP) is 9.94. The monoisotopic (exact) mass is 922 g/mol. The van der Waals surface area contributed by atoms with Crippen molar-refractivity contribution in [2.24, 2.45) is 0 Å². The zero-order chi connectivity index (χ0) is 46.4. The van der Waals surface area contributed by atoms with Gasteiger partial charge in [-0.25, -0.2) is 0 Å². The molecule has 0 aliphatic heterocycles. The quantitative estimate of drug-likeness (QED) is 0.0395. The van der Waals surface area contributed by atoms with Gasteiger partial charge in [0.15, 0.2) is 0 Å². The standard InChI is InChI=1S/C53H63O12P/c1-3-20-46(54)58-39-45(64-47(55)21-4-2)32-33-66(56,57)65-53-51(62-37-43-28-16-8-17-29-43)49(60-35-41-24-12-6-13-25-41)48(59-34-40-22-10-5-11-23-40)50(61-36-42-26-14-7-15-27-42)52(53)63-38-44-30-18-9-19-31-44/h5-19,22-31,45,48-53H,3-4,20-21,32-39H2,1-2H3,(H,56,57)/t45?,48-,49-,50+,51-,52-,53-/m0/s1. The van der Waals surface area contributed by atoms with Gasteiger partial charge >= 0.3 is 19.5 Å². The topological polar surface area (TPSA) is 145 Å². The highest BCUT2D eigenvalue weighted by Gasteiger charge is 2.56. The summed E-state index contributed by atoms with van der Waals surface area (Å²) < 4.78 is 66.8. The molecule has 352 valence electrons. The van der Waals surface area contributed by atoms with E-state index in [1.165, 1.54) is 0 Å². The van der Waals surface area contributed by atoms with Crippen molar-refractivity contribution >= 4 is 19.5 Å². The van der Waals surface area contributed by atoms with Gasteiger partial charge in [-0.1, -0.05) is 166 Å². The number of rotatable bonds is 27. The van der Waals surface area contributed by atoms with E-state index in [-0.39, 0.29) is 58.9 Å². The van der Waals surface area contributed by atoms with Gasteiger partial charge in [0.1, 0.15) is 49.3 Å². The highest BCUT2D eigenvalue weighted by Crippen LogP contribution is 2.49. The SMILES string of the molecule is CCCC(=O)OCC(CCP(=O)(O)O[C@@H]1[C@@H](OCc2ccccc2)[C@H](OCc2ccccc2)[C@@H](OCc2ccccc2)[C@H](OCc2ccccc2)[C@@H]1OCc1ccccc1)OC(=O)CCC. The molecule has 0 bridgehead atoms. The molecule has 1 saturated carbocycles. The van der Waals surface area contributed by atoms with E-state index in [2.05, 4.69) is 0 Å². The zero-order valence-corrected chi connectivity index (χ0v) is 38.7. The lowest BCUT2D eigenvalue weighted by Crippen LogP contribution is -2.67. The first-order valence-corrected chi connectivity index (χ1v) is 24.6. The average molecular weight is 923 g/mol. The second-order valence-electron chi connectivity index (χ2n) is 16.3. The van der Waals surface area contributed by atoms with Crippen LogP contribution in [0.3, 0.4) is 0 Å². The van der Waals surface area contributed by atoms with Crippen LogP contribution in [0.1, 0.15) is 73.8 Å². The molecule has 12 nitrogen and oxygen atoms in total. The van der Waals surface area contributed by atoms with Crippen molar-refractivity contribution < 1.29 is 56.7 Å². The first-order valence-electron chi connectivity index (χ1n) is 22.8. The lowest BCUT2D eigenvalue weighted by molar-refractivity contribution is -0.279. The minimum atomic E-state index is -4.63. The Morgan fingerprint density at radius 1 is 0.485 bits per heavy atom. The van der Waals surface area contributed by atoms with Crippen molar-refractivity contribution in [3.05, 3.63) is 179 Å². The Balaban J connectivity index is 1.42. The van der Waals surface area contributed by atoms with Crippen LogP contribution < -0.4 is 0 Å². The minimum Gasteiger partial charge on any atom is -0.462 e. The maximum atomic E-state index is 14.7. The fourth-order valence-electron chi connectivity index (χ4n) is 7.66. The van der Waals surface area contributed by atoms with Gasteiger partial charge in [-0.3, -0.25) is 18.7 Å². The van der Waals surface area contributed by atoms with Crippen molar-refractivity contribution in [1.29, 1.82) is 0 Å². The number of ether oxygens (including phenoxy) is 7. The van der Waals surface area contributed by atoms with Gasteiger partial charge in [-0.05, 0) is 47.1 Å². The molecule has 66 heavy (non-hydrogen) atoms. The molecule has 0 amide bonds. The summed E-state index contributed by atoms with van der Waals surface area (Å²) in [6.07, 6.45) is -6.31. The van der Waals surface area contributed by atoms with Crippen LogP contribution in [0.25, 0.3) is 0 Å². The third-order valence-corrected chi connectivity index (χ3v) is 12.4. The summed E-state index contributed by atoms with van der Waals surface area (Å²) in [6, 6.07) is 48.3. The highest BCUT2D eigenvalue weighted by molar-refractivity contribution is 7.52. The average Bonchev–Trinajstić information content (AvgIpc) is 3.34. The van der Waals surface area contributed by atoms with E-state index in [1.54, 1.807) is 0 Å². The van der Waals surface area contributed by atoms with Crippen LogP contribution in [0.4, 0.5) is 0 Å². The van der Waals surface area contributed by atoms with Crippen molar-refractivity contribution in [2.75, 3.05) is 12.8 Å². The number of hydrogen-bond donors (Lipinski definition) is 1. The van der Waals surface area contributed by atoms with E-state index in [1.807, 2.05) is 166 Å². The van der Waals surface area contributed by atoms with Crippen molar-refractivity contribution in [3.8, 4) is 0 Å². The molecular formula is C53H63O12P. The Kier molecular flexibility index (Phi) is 20.6. The molecule has 8 atom stereocenters. The maximum absolute atomic E-state index is 14.7. The van der Waals surface area contributed by atoms with Crippen molar-refractivity contribution in [1.82, 2.24) is 0 Å². The summed E-state index contributed by atoms with van der Waals surface area (Å²) in [5, 5.41) is 0. The Labute approximate surface area is 389 Å². The summed E-state index contributed by atoms with van der Waals surface area (Å²) in [5.41, 5.74) is 4.39. The summed E-state index contributed by atoms with van der Waals surface area (Å²) >= 11 is 0. The first-order chi connectivity index (χ1) is 32.2. The van der Waals surface area contributed by atoms with Crippen LogP contribution in [0.2, 0.25) is 0 Å². The van der Waals surface area contributed by atoms with Gasteiger partial charge in [0.05, 0.1) is 39.2 Å². The molecule has 1 fully saturated rings. The van der Waals surface area contributed by atoms with Gasteiger partial charge in [0, 0.05) is 12.8 Å². The van der Waals surface area contributed by atoms with E-state index in [4.69, 9.17) is 37.7 Å². The van der Waals surface area contributed by atoms with Crippen molar-refractivity contribution in [3.63, 3.8) is 0 Å². The van der Waals surface area contributed by atoms with Crippen LogP contribution in [-0.4, -0.2) is 72.3 Å². The molecule has 2 unspecified atom stereocenters. The Morgan fingerprint density at radius 2 is 0.788 bits per heavy atom. The number of carbonyl (C=O) groups is 2. The molecule has 0 heterocycles. The van der Waals surface area contributed by atoms with Crippen LogP contribution in [-0.2, 0) is 84.9 Å². The number of hydrogen-bond acceptors (Lipinski definition) is 11. The molecule has 0 saturated heterocycles. The molecule has 0 radical (unpaired) electrons. The summed E-state index contributed by atoms with van der Waals surface area (Å²) in [6.45, 7) is 4.09. The second-order valence-corrected chi connectivity index (χ2v) is 18.3. The van der Waals surface area contributed by atoms with E-state index in [0.29, 0.717) is 12.8 Å². The lowest BCUT2D eigenvalue weighted by atomic mass is 9.83. The Hall–Kier alpha value is -5.01. The van der Waals surface area contributed by atoms with E-state index >= 15 is 0 Å². The molecule has 0 aromatic heterocycles. The van der Waals surface area contributed by atoms with Crippen LogP contribution in [0.5, 0.6) is 0 Å². The lowest BCUT2D eigenvalue weighted by Gasteiger charge is -2.50. The Bertz CT molecular complexity index is 2080. The smallest absolute Gasteiger partial charge is 0.328 e. The Morgan fingerprint density at radius 3 is 1.11 bits per heavy atom. The molecule has 1 N–H and O–H groups in total. The number of carbonyl (C=O) groups excluding carboxylic acids is 2. The highest BCUT2D eigenvalue weighted by atomic mass is 31.2. The molecule has 13 heteroatoms. The third kappa shape index (κ3) is 16.4. The molecule has 0 spiro atoms. The van der Waals surface area contributed by atoms with Crippen LogP contribution in [0, 0.1) is 0 Å². The molecule has 1 aliphatic rings. The van der Waals surface area contributed by atoms with Gasteiger partial charge in [0.2, 0.25) is 0 Å². The molecule has 5 aromatic carbocycles. The largest absolute Gasteiger partial charge is 0.462 e. The fourth-order valence-corrected chi connectivity index (χ4v) is 9.00. The molecule has 5 aromatic rings. The summed E-state index contributed by atoms with van der Waals surface area (Å²) in [7, 11) is -4.63. The molecular weight excluding hydrogens is 860 g/mol. The zero-order valence-electron chi connectivity index (χ0n) is 37.8. The molecule has 1 aliphatic carbocycles. The van der Waals surface area contributed by atoms with Gasteiger partial charge in [0.25, 0.3) is 0 Å². The van der Waals surface area contributed by atoms with E-state index in [9.17, 15) is 19.0 Å². The van der Waals surface area contributed by atoms with Crippen LogP contribution >= 0.6 is 7.60 Å². The third-order valence-electron chi connectivity index (χ3n) is 11.0. The van der Waals surface area contributed by atoms with E-state index in [0.717, 1.165) is 27.8 Å².